The van der Waals surface area contributed by atoms with Crippen LogP contribution in [0.2, 0.25) is 0 Å². The summed E-state index contributed by atoms with van der Waals surface area (Å²) in [6.07, 6.45) is 2.72. The molecule has 1 heterocycles. The van der Waals surface area contributed by atoms with Gasteiger partial charge in [-0.2, -0.15) is 0 Å². The van der Waals surface area contributed by atoms with E-state index in [1.165, 1.54) is 5.56 Å². The third-order valence-electron chi connectivity index (χ3n) is 4.23. The standard InChI is InChI=1S/C18H27NO3/c1-15-12-17(18(20)21)14-19(13-15)9-5-10-22-11-8-16-6-3-2-4-7-16/h2-4,6-7,15,17H,5,8-14H2,1H3,(H,20,21). The number of carbonyl (C=O) groups is 1. The maximum absolute atomic E-state index is 11.1. The predicted molar refractivity (Wildman–Crippen MR) is 86.9 cm³/mol. The predicted octanol–water partition coefficient (Wildman–Crippen LogP) is 2.68. The lowest BCUT2D eigenvalue weighted by atomic mass is 9.90. The summed E-state index contributed by atoms with van der Waals surface area (Å²) in [5.41, 5.74) is 1.30. The molecule has 0 saturated carbocycles. The van der Waals surface area contributed by atoms with Crippen molar-refractivity contribution in [3.8, 4) is 0 Å². The van der Waals surface area contributed by atoms with Gasteiger partial charge in [0, 0.05) is 26.2 Å². The highest BCUT2D eigenvalue weighted by Gasteiger charge is 2.28. The highest BCUT2D eigenvalue weighted by molar-refractivity contribution is 5.70. The van der Waals surface area contributed by atoms with E-state index >= 15 is 0 Å². The number of carboxylic acids is 1. The molecule has 22 heavy (non-hydrogen) atoms. The molecular formula is C18H27NO3. The Kier molecular flexibility index (Phi) is 6.87. The van der Waals surface area contributed by atoms with Crippen molar-refractivity contribution in [3.05, 3.63) is 35.9 Å². The van der Waals surface area contributed by atoms with Gasteiger partial charge < -0.3 is 14.7 Å². The highest BCUT2D eigenvalue weighted by atomic mass is 16.5. The normalized spacial score (nSPS) is 22.6. The number of nitrogens with zero attached hydrogens (tertiary/aromatic N) is 1. The number of likely N-dealkylation sites (tertiary alicyclic amines) is 1. The number of hydrogen-bond acceptors (Lipinski definition) is 3. The van der Waals surface area contributed by atoms with Crippen LogP contribution in [0.1, 0.15) is 25.3 Å². The maximum atomic E-state index is 11.1. The molecule has 1 N–H and O–H groups in total. The fourth-order valence-corrected chi connectivity index (χ4v) is 3.15. The number of carboxylic acid groups (broad SMARTS) is 1. The van der Waals surface area contributed by atoms with Gasteiger partial charge in [-0.05, 0) is 30.7 Å². The molecule has 0 amide bonds. The van der Waals surface area contributed by atoms with Crippen molar-refractivity contribution in [2.24, 2.45) is 11.8 Å². The lowest BCUT2D eigenvalue weighted by Gasteiger charge is -2.34. The summed E-state index contributed by atoms with van der Waals surface area (Å²) in [6, 6.07) is 10.3. The van der Waals surface area contributed by atoms with E-state index in [4.69, 9.17) is 4.74 Å². The quantitative estimate of drug-likeness (QED) is 0.750. The minimum atomic E-state index is -0.657. The van der Waals surface area contributed by atoms with Crippen molar-refractivity contribution in [3.63, 3.8) is 0 Å². The van der Waals surface area contributed by atoms with E-state index in [-0.39, 0.29) is 5.92 Å². The van der Waals surface area contributed by atoms with E-state index in [9.17, 15) is 9.90 Å². The van der Waals surface area contributed by atoms with E-state index < -0.39 is 5.97 Å². The Morgan fingerprint density at radius 2 is 2.05 bits per heavy atom. The molecule has 2 rings (SSSR count). The Balaban J connectivity index is 1.57. The first-order chi connectivity index (χ1) is 10.6. The minimum absolute atomic E-state index is 0.206. The van der Waals surface area contributed by atoms with Crippen LogP contribution in [0.25, 0.3) is 0 Å². The molecule has 0 bridgehead atoms. The molecule has 2 unspecified atom stereocenters. The number of benzene rings is 1. The number of ether oxygens (including phenoxy) is 1. The van der Waals surface area contributed by atoms with Gasteiger partial charge in [-0.15, -0.1) is 0 Å². The molecule has 4 heteroatoms. The Bertz CT molecular complexity index is 449. The van der Waals surface area contributed by atoms with Gasteiger partial charge in [0.05, 0.1) is 12.5 Å². The monoisotopic (exact) mass is 305 g/mol. The Hall–Kier alpha value is -1.39. The Labute approximate surface area is 133 Å². The second kappa shape index (κ2) is 8.91. The van der Waals surface area contributed by atoms with Gasteiger partial charge in [0.1, 0.15) is 0 Å². The number of rotatable bonds is 8. The van der Waals surface area contributed by atoms with Gasteiger partial charge in [0.15, 0.2) is 0 Å². The summed E-state index contributed by atoms with van der Waals surface area (Å²) < 4.78 is 5.69. The summed E-state index contributed by atoms with van der Waals surface area (Å²) in [5, 5.41) is 9.17. The molecule has 1 fully saturated rings. The van der Waals surface area contributed by atoms with Crippen LogP contribution in [0.15, 0.2) is 30.3 Å². The van der Waals surface area contributed by atoms with Crippen LogP contribution in [-0.4, -0.2) is 48.8 Å². The first-order valence-corrected chi connectivity index (χ1v) is 8.22. The average Bonchev–Trinajstić information content (AvgIpc) is 2.51. The molecular weight excluding hydrogens is 278 g/mol. The fourth-order valence-electron chi connectivity index (χ4n) is 3.15. The van der Waals surface area contributed by atoms with E-state index in [2.05, 4.69) is 24.0 Å². The Morgan fingerprint density at radius 3 is 2.77 bits per heavy atom. The van der Waals surface area contributed by atoms with E-state index in [0.29, 0.717) is 12.5 Å². The third-order valence-corrected chi connectivity index (χ3v) is 4.23. The molecule has 0 aromatic heterocycles. The zero-order valence-electron chi connectivity index (χ0n) is 13.4. The van der Waals surface area contributed by atoms with Crippen molar-refractivity contribution < 1.29 is 14.6 Å². The van der Waals surface area contributed by atoms with Crippen LogP contribution in [0.5, 0.6) is 0 Å². The molecule has 122 valence electrons. The second-order valence-corrected chi connectivity index (χ2v) is 6.34. The largest absolute Gasteiger partial charge is 0.481 e. The molecule has 2 atom stereocenters. The van der Waals surface area contributed by atoms with Crippen LogP contribution in [0.4, 0.5) is 0 Å². The van der Waals surface area contributed by atoms with Gasteiger partial charge in [0.2, 0.25) is 0 Å². The van der Waals surface area contributed by atoms with Gasteiger partial charge >= 0.3 is 5.97 Å². The summed E-state index contributed by atoms with van der Waals surface area (Å²) in [7, 11) is 0. The van der Waals surface area contributed by atoms with Crippen LogP contribution >= 0.6 is 0 Å². The lowest BCUT2D eigenvalue weighted by Crippen LogP contribution is -2.43. The van der Waals surface area contributed by atoms with Gasteiger partial charge in [-0.1, -0.05) is 37.3 Å². The van der Waals surface area contributed by atoms with Crippen LogP contribution in [0, 0.1) is 11.8 Å². The van der Waals surface area contributed by atoms with Crippen molar-refractivity contribution in [1.82, 2.24) is 4.90 Å². The molecule has 1 aliphatic rings. The average molecular weight is 305 g/mol. The van der Waals surface area contributed by atoms with Crippen LogP contribution in [0.3, 0.4) is 0 Å². The molecule has 0 aliphatic carbocycles. The van der Waals surface area contributed by atoms with E-state index in [0.717, 1.165) is 45.6 Å². The van der Waals surface area contributed by atoms with Gasteiger partial charge in [-0.25, -0.2) is 0 Å². The summed E-state index contributed by atoms with van der Waals surface area (Å²) in [5.74, 6) is -0.396. The molecule has 0 spiro atoms. The highest BCUT2D eigenvalue weighted by Crippen LogP contribution is 2.21. The number of hydrogen-bond donors (Lipinski definition) is 1. The Morgan fingerprint density at radius 1 is 1.27 bits per heavy atom. The van der Waals surface area contributed by atoms with E-state index in [1.807, 2.05) is 18.2 Å². The first-order valence-electron chi connectivity index (χ1n) is 8.22. The molecule has 1 saturated heterocycles. The van der Waals surface area contributed by atoms with Crippen LogP contribution in [-0.2, 0) is 16.0 Å². The molecule has 1 aliphatic heterocycles. The van der Waals surface area contributed by atoms with Crippen molar-refractivity contribution >= 4 is 5.97 Å². The maximum Gasteiger partial charge on any atom is 0.307 e. The topological polar surface area (TPSA) is 49.8 Å². The minimum Gasteiger partial charge on any atom is -0.481 e. The zero-order valence-corrected chi connectivity index (χ0v) is 13.4. The number of aliphatic carboxylic acids is 1. The van der Waals surface area contributed by atoms with Gasteiger partial charge in [-0.3, -0.25) is 4.79 Å². The number of piperidine rings is 1. The molecule has 1 aromatic rings. The smallest absolute Gasteiger partial charge is 0.307 e. The first kappa shape index (κ1) is 17.0. The van der Waals surface area contributed by atoms with Crippen molar-refractivity contribution in [1.29, 1.82) is 0 Å². The van der Waals surface area contributed by atoms with Crippen molar-refractivity contribution in [2.45, 2.75) is 26.2 Å². The van der Waals surface area contributed by atoms with Crippen molar-refractivity contribution in [2.75, 3.05) is 32.8 Å². The SMILES string of the molecule is CC1CC(C(=O)O)CN(CCCOCCc2ccccc2)C1. The summed E-state index contributed by atoms with van der Waals surface area (Å²) in [4.78, 5) is 13.4. The second-order valence-electron chi connectivity index (χ2n) is 6.34. The van der Waals surface area contributed by atoms with E-state index in [1.54, 1.807) is 0 Å². The molecule has 4 nitrogen and oxygen atoms in total. The third kappa shape index (κ3) is 5.78. The summed E-state index contributed by atoms with van der Waals surface area (Å²) in [6.45, 7) is 6.25. The lowest BCUT2D eigenvalue weighted by molar-refractivity contribution is -0.144. The summed E-state index contributed by atoms with van der Waals surface area (Å²) >= 11 is 0. The molecule has 0 radical (unpaired) electrons. The van der Waals surface area contributed by atoms with Gasteiger partial charge in [0.25, 0.3) is 0 Å². The van der Waals surface area contributed by atoms with Crippen LogP contribution < -0.4 is 0 Å². The fraction of sp³-hybridized carbons (Fsp3) is 0.611. The zero-order chi connectivity index (χ0) is 15.8. The molecule has 1 aromatic carbocycles.